The van der Waals surface area contributed by atoms with E-state index in [9.17, 15) is 4.79 Å². The van der Waals surface area contributed by atoms with Crippen LogP contribution in [0.5, 0.6) is 0 Å². The highest BCUT2D eigenvalue weighted by Gasteiger charge is 2.29. The quantitative estimate of drug-likeness (QED) is 0.614. The molecular formula is C23H25N3O. The van der Waals surface area contributed by atoms with Crippen molar-refractivity contribution in [1.29, 1.82) is 0 Å². The molecule has 4 nitrogen and oxygen atoms in total. The molecule has 2 N–H and O–H groups in total. The van der Waals surface area contributed by atoms with E-state index in [-0.39, 0.29) is 5.91 Å². The summed E-state index contributed by atoms with van der Waals surface area (Å²) < 4.78 is 0. The lowest BCUT2D eigenvalue weighted by atomic mass is 10.0. The molecule has 0 aliphatic carbocycles. The summed E-state index contributed by atoms with van der Waals surface area (Å²) in [5, 5.41) is 5.16. The fourth-order valence-electron chi connectivity index (χ4n) is 2.67. The van der Waals surface area contributed by atoms with Crippen molar-refractivity contribution >= 4 is 17.3 Å². The van der Waals surface area contributed by atoms with Crippen LogP contribution in [0.25, 0.3) is 0 Å². The van der Waals surface area contributed by atoms with E-state index in [2.05, 4.69) is 10.7 Å². The molecule has 0 aliphatic heterocycles. The fourth-order valence-corrected chi connectivity index (χ4v) is 2.67. The predicted octanol–water partition coefficient (Wildman–Crippen LogP) is 4.42. The van der Waals surface area contributed by atoms with E-state index in [0.29, 0.717) is 6.54 Å². The Balaban J connectivity index is 1.75. The van der Waals surface area contributed by atoms with Crippen molar-refractivity contribution in [2.45, 2.75) is 25.9 Å². The molecule has 0 unspecified atom stereocenters. The first kappa shape index (κ1) is 18.7. The number of benzene rings is 3. The van der Waals surface area contributed by atoms with Crippen LogP contribution in [0.2, 0.25) is 0 Å². The summed E-state index contributed by atoms with van der Waals surface area (Å²) >= 11 is 0. The van der Waals surface area contributed by atoms with Crippen LogP contribution < -0.4 is 15.8 Å². The maximum atomic E-state index is 13.0. The Morgan fingerprint density at radius 3 is 1.70 bits per heavy atom. The largest absolute Gasteiger partial charge is 0.300 e. The number of hydrogen-bond donors (Lipinski definition) is 2. The Hall–Kier alpha value is -3.11. The molecule has 0 spiro atoms. The average Bonchev–Trinajstić information content (AvgIpc) is 2.72. The maximum Gasteiger partial charge on any atom is 0.258 e. The van der Waals surface area contributed by atoms with Gasteiger partial charge in [-0.15, -0.1) is 0 Å². The molecule has 0 radical (unpaired) electrons. The molecule has 0 bridgehead atoms. The smallest absolute Gasteiger partial charge is 0.258 e. The molecule has 0 aliphatic rings. The summed E-state index contributed by atoms with van der Waals surface area (Å²) in [6.07, 6.45) is 0. The summed E-state index contributed by atoms with van der Waals surface area (Å²) in [6.45, 7) is 4.40. The van der Waals surface area contributed by atoms with Gasteiger partial charge in [0, 0.05) is 6.54 Å². The van der Waals surface area contributed by atoms with Crippen LogP contribution in [0, 0.1) is 0 Å². The van der Waals surface area contributed by atoms with Crippen molar-refractivity contribution in [2.75, 3.05) is 5.01 Å². The molecule has 138 valence electrons. The minimum Gasteiger partial charge on any atom is -0.300 e. The zero-order valence-electron chi connectivity index (χ0n) is 15.7. The molecule has 4 heteroatoms. The number of amides is 1. The van der Waals surface area contributed by atoms with Gasteiger partial charge in [-0.2, -0.15) is 0 Å². The first-order valence-corrected chi connectivity index (χ1v) is 9.06. The molecule has 0 atom stereocenters. The first-order valence-electron chi connectivity index (χ1n) is 9.06. The number of carbonyl (C=O) groups excluding carboxylic acids is 1. The van der Waals surface area contributed by atoms with E-state index in [4.69, 9.17) is 0 Å². The van der Waals surface area contributed by atoms with Crippen LogP contribution >= 0.6 is 0 Å². The topological polar surface area (TPSA) is 44.4 Å². The van der Waals surface area contributed by atoms with E-state index in [1.54, 1.807) is 0 Å². The second-order valence-electron chi connectivity index (χ2n) is 6.91. The van der Waals surface area contributed by atoms with E-state index < -0.39 is 5.54 Å². The van der Waals surface area contributed by atoms with Gasteiger partial charge in [-0.1, -0.05) is 66.7 Å². The van der Waals surface area contributed by atoms with Gasteiger partial charge in [-0.3, -0.25) is 20.5 Å². The zero-order chi connectivity index (χ0) is 19.1. The Morgan fingerprint density at radius 1 is 0.778 bits per heavy atom. The van der Waals surface area contributed by atoms with E-state index in [1.807, 2.05) is 110 Å². The van der Waals surface area contributed by atoms with Crippen LogP contribution in [-0.4, -0.2) is 11.4 Å². The monoisotopic (exact) mass is 359 g/mol. The van der Waals surface area contributed by atoms with Crippen LogP contribution in [0.4, 0.5) is 11.4 Å². The van der Waals surface area contributed by atoms with Gasteiger partial charge in [-0.25, -0.2) is 0 Å². The summed E-state index contributed by atoms with van der Waals surface area (Å²) in [5.74, 6) is -0.105. The molecule has 0 saturated heterocycles. The number of hydrazine groups is 1. The standard InChI is InChI=1S/C23H25N3O/c1-23(2,24-18-19-12-6-3-7-13-19)22(27)25-26(20-14-8-4-9-15-20)21-16-10-5-11-17-21/h3-17,24H,18H2,1-2H3,(H,25,27). The summed E-state index contributed by atoms with van der Waals surface area (Å²) in [6, 6.07) is 29.7. The van der Waals surface area contributed by atoms with Crippen LogP contribution in [0.15, 0.2) is 91.0 Å². The normalized spacial score (nSPS) is 11.0. The molecule has 1 amide bonds. The summed E-state index contributed by atoms with van der Waals surface area (Å²) in [4.78, 5) is 13.0. The molecular weight excluding hydrogens is 334 g/mol. The lowest BCUT2D eigenvalue weighted by Crippen LogP contribution is -2.56. The van der Waals surface area contributed by atoms with Crippen molar-refractivity contribution in [3.05, 3.63) is 96.6 Å². The number of nitrogens with zero attached hydrogens (tertiary/aromatic N) is 1. The van der Waals surface area contributed by atoms with Crippen LogP contribution in [0.1, 0.15) is 19.4 Å². The Kier molecular flexibility index (Phi) is 5.89. The van der Waals surface area contributed by atoms with Crippen molar-refractivity contribution < 1.29 is 4.79 Å². The number of anilines is 2. The van der Waals surface area contributed by atoms with E-state index >= 15 is 0 Å². The second kappa shape index (κ2) is 8.52. The van der Waals surface area contributed by atoms with E-state index in [1.165, 1.54) is 0 Å². The fraction of sp³-hybridized carbons (Fsp3) is 0.174. The van der Waals surface area contributed by atoms with Gasteiger partial charge in [0.1, 0.15) is 0 Å². The van der Waals surface area contributed by atoms with Crippen molar-refractivity contribution in [3.8, 4) is 0 Å². The average molecular weight is 359 g/mol. The number of nitrogens with one attached hydrogen (secondary N) is 2. The molecule has 0 heterocycles. The molecule has 0 aromatic heterocycles. The van der Waals surface area contributed by atoms with Gasteiger partial charge in [0.2, 0.25) is 0 Å². The highest BCUT2D eigenvalue weighted by molar-refractivity contribution is 5.88. The lowest BCUT2D eigenvalue weighted by molar-refractivity contribution is -0.126. The maximum absolute atomic E-state index is 13.0. The molecule has 27 heavy (non-hydrogen) atoms. The van der Waals surface area contributed by atoms with Crippen molar-refractivity contribution in [2.24, 2.45) is 0 Å². The highest BCUT2D eigenvalue weighted by atomic mass is 16.2. The third-order valence-electron chi connectivity index (χ3n) is 4.39. The number of hydrogen-bond acceptors (Lipinski definition) is 3. The van der Waals surface area contributed by atoms with Gasteiger partial charge < -0.3 is 0 Å². The van der Waals surface area contributed by atoms with Crippen molar-refractivity contribution in [3.63, 3.8) is 0 Å². The zero-order valence-corrected chi connectivity index (χ0v) is 15.7. The second-order valence-corrected chi connectivity index (χ2v) is 6.91. The highest BCUT2D eigenvalue weighted by Crippen LogP contribution is 2.23. The Morgan fingerprint density at radius 2 is 1.22 bits per heavy atom. The number of para-hydroxylation sites is 2. The Bertz CT molecular complexity index is 809. The number of rotatable bonds is 7. The predicted molar refractivity (Wildman–Crippen MR) is 111 cm³/mol. The minimum absolute atomic E-state index is 0.105. The van der Waals surface area contributed by atoms with Gasteiger partial charge in [0.05, 0.1) is 16.9 Å². The van der Waals surface area contributed by atoms with Gasteiger partial charge in [0.15, 0.2) is 0 Å². The molecule has 3 rings (SSSR count). The summed E-state index contributed by atoms with van der Waals surface area (Å²) in [7, 11) is 0. The van der Waals surface area contributed by atoms with Crippen LogP contribution in [0.3, 0.4) is 0 Å². The van der Waals surface area contributed by atoms with Crippen molar-refractivity contribution in [1.82, 2.24) is 10.7 Å². The third kappa shape index (κ3) is 4.96. The third-order valence-corrected chi connectivity index (χ3v) is 4.39. The molecule has 3 aromatic rings. The van der Waals surface area contributed by atoms with Crippen LogP contribution in [-0.2, 0) is 11.3 Å². The number of carbonyl (C=O) groups is 1. The molecule has 0 fully saturated rings. The minimum atomic E-state index is -0.738. The van der Waals surface area contributed by atoms with Gasteiger partial charge >= 0.3 is 0 Å². The Labute approximate surface area is 160 Å². The van der Waals surface area contributed by atoms with E-state index in [0.717, 1.165) is 16.9 Å². The first-order chi connectivity index (χ1) is 13.1. The summed E-state index contributed by atoms with van der Waals surface area (Å²) in [5.41, 5.74) is 5.26. The molecule has 3 aromatic carbocycles. The SMILES string of the molecule is CC(C)(NCc1ccccc1)C(=O)NN(c1ccccc1)c1ccccc1. The van der Waals surface area contributed by atoms with Gasteiger partial charge in [0.25, 0.3) is 5.91 Å². The van der Waals surface area contributed by atoms with Gasteiger partial charge in [-0.05, 0) is 43.7 Å². The molecule has 0 saturated carbocycles. The lowest BCUT2D eigenvalue weighted by Gasteiger charge is -2.31.